The van der Waals surface area contributed by atoms with E-state index in [0.29, 0.717) is 15.9 Å². The number of rotatable bonds is 4. The van der Waals surface area contributed by atoms with Crippen LogP contribution in [0.2, 0.25) is 10.0 Å². The molecular weight excluding hydrogens is 405 g/mol. The second-order valence-electron chi connectivity index (χ2n) is 6.27. The van der Waals surface area contributed by atoms with Gasteiger partial charge < -0.3 is 0 Å². The van der Waals surface area contributed by atoms with E-state index in [9.17, 15) is 4.79 Å². The van der Waals surface area contributed by atoms with Crippen LogP contribution in [-0.2, 0) is 4.79 Å². The topological polar surface area (TPSA) is 45.0 Å². The zero-order valence-electron chi connectivity index (χ0n) is 15.2. The number of hydrogen-bond acceptors (Lipinski definition) is 3. The lowest BCUT2D eigenvalue weighted by atomic mass is 10.2. The molecule has 0 bridgehead atoms. The molecule has 0 spiro atoms. The van der Waals surface area contributed by atoms with Gasteiger partial charge in [0.2, 0.25) is 0 Å². The summed E-state index contributed by atoms with van der Waals surface area (Å²) in [6, 6.07) is 23.9. The van der Waals surface area contributed by atoms with Gasteiger partial charge >= 0.3 is 0 Å². The average molecular weight is 420 g/mol. The van der Waals surface area contributed by atoms with Crippen LogP contribution < -0.4 is 0 Å². The maximum atomic E-state index is 13.0. The van der Waals surface area contributed by atoms with E-state index in [0.717, 1.165) is 16.7 Å². The van der Waals surface area contributed by atoms with Crippen LogP contribution in [-0.4, -0.2) is 23.0 Å². The Morgan fingerprint density at radius 1 is 0.862 bits per heavy atom. The lowest BCUT2D eigenvalue weighted by Crippen LogP contribution is -2.27. The number of amidine groups is 1. The smallest absolute Gasteiger partial charge is 0.265 e. The van der Waals surface area contributed by atoms with E-state index in [1.54, 1.807) is 30.5 Å². The van der Waals surface area contributed by atoms with Gasteiger partial charge in [0.15, 0.2) is 5.84 Å². The summed E-state index contributed by atoms with van der Waals surface area (Å²) >= 11 is 12.2. The largest absolute Gasteiger partial charge is 0.298 e. The van der Waals surface area contributed by atoms with Crippen molar-refractivity contribution in [2.75, 3.05) is 0 Å². The summed E-state index contributed by atoms with van der Waals surface area (Å²) in [4.78, 5) is 17.6. The molecule has 142 valence electrons. The summed E-state index contributed by atoms with van der Waals surface area (Å²) in [5, 5.41) is 6.87. The Hall–Kier alpha value is -3.21. The second kappa shape index (κ2) is 8.43. The molecule has 29 heavy (non-hydrogen) atoms. The summed E-state index contributed by atoms with van der Waals surface area (Å²) in [5.74, 6) is 0.133. The fraction of sp³-hybridized carbons (Fsp3) is 0. The second-order valence-corrected chi connectivity index (χ2v) is 7.11. The summed E-state index contributed by atoms with van der Waals surface area (Å²) in [7, 11) is 0. The van der Waals surface area contributed by atoms with Crippen LogP contribution in [0.3, 0.4) is 0 Å². The first-order valence-electron chi connectivity index (χ1n) is 8.86. The van der Waals surface area contributed by atoms with Gasteiger partial charge in [-0.3, -0.25) is 4.79 Å². The van der Waals surface area contributed by atoms with Crippen LogP contribution in [0.25, 0.3) is 6.08 Å². The highest BCUT2D eigenvalue weighted by atomic mass is 35.5. The van der Waals surface area contributed by atoms with Crippen molar-refractivity contribution in [2.24, 2.45) is 10.1 Å². The van der Waals surface area contributed by atoms with E-state index in [1.807, 2.05) is 60.7 Å². The molecule has 1 aliphatic heterocycles. The van der Waals surface area contributed by atoms with Gasteiger partial charge in [0.25, 0.3) is 5.91 Å². The van der Waals surface area contributed by atoms with Gasteiger partial charge in [-0.15, -0.1) is 0 Å². The molecule has 4 nitrogen and oxygen atoms in total. The fourth-order valence-corrected chi connectivity index (χ4v) is 3.12. The minimum absolute atomic E-state index is 0.269. The SMILES string of the molecule is O=C1/C(=C\c2ccccc2Cl)N=C(c2ccccc2)N1/N=C/c1ccc(Cl)cc1. The Labute approximate surface area is 178 Å². The van der Waals surface area contributed by atoms with Gasteiger partial charge in [0.1, 0.15) is 5.70 Å². The molecule has 0 atom stereocenters. The molecule has 0 aliphatic carbocycles. The Balaban J connectivity index is 1.73. The lowest BCUT2D eigenvalue weighted by molar-refractivity contribution is -0.122. The van der Waals surface area contributed by atoms with Crippen molar-refractivity contribution in [3.63, 3.8) is 0 Å². The monoisotopic (exact) mass is 419 g/mol. The Bertz CT molecular complexity index is 1140. The molecule has 0 saturated carbocycles. The summed E-state index contributed by atoms with van der Waals surface area (Å²) < 4.78 is 0. The molecule has 3 aromatic carbocycles. The Morgan fingerprint density at radius 3 is 2.28 bits per heavy atom. The van der Waals surface area contributed by atoms with Crippen LogP contribution in [0, 0.1) is 0 Å². The van der Waals surface area contributed by atoms with E-state index in [2.05, 4.69) is 10.1 Å². The maximum Gasteiger partial charge on any atom is 0.298 e. The van der Waals surface area contributed by atoms with Gasteiger partial charge in [-0.1, -0.05) is 83.9 Å². The first kappa shape index (κ1) is 19.1. The van der Waals surface area contributed by atoms with Crippen molar-refractivity contribution < 1.29 is 4.79 Å². The number of carbonyl (C=O) groups excluding carboxylic acids is 1. The van der Waals surface area contributed by atoms with Crippen molar-refractivity contribution in [1.82, 2.24) is 5.01 Å². The number of halogens is 2. The normalized spacial score (nSPS) is 15.4. The van der Waals surface area contributed by atoms with Crippen LogP contribution >= 0.6 is 23.2 Å². The number of benzene rings is 3. The molecule has 0 N–H and O–H groups in total. The number of carbonyl (C=O) groups is 1. The summed E-state index contributed by atoms with van der Waals surface area (Å²) in [6.07, 6.45) is 3.27. The summed E-state index contributed by atoms with van der Waals surface area (Å²) in [6.45, 7) is 0. The van der Waals surface area contributed by atoms with Crippen molar-refractivity contribution >= 4 is 47.2 Å². The average Bonchev–Trinajstić information content (AvgIpc) is 3.05. The van der Waals surface area contributed by atoms with E-state index in [-0.39, 0.29) is 11.6 Å². The van der Waals surface area contributed by atoms with Crippen molar-refractivity contribution in [3.05, 3.63) is 111 Å². The minimum atomic E-state index is -0.325. The van der Waals surface area contributed by atoms with Gasteiger partial charge in [0.05, 0.1) is 6.21 Å². The maximum absolute atomic E-state index is 13.0. The molecule has 1 heterocycles. The van der Waals surface area contributed by atoms with E-state index < -0.39 is 0 Å². The fourth-order valence-electron chi connectivity index (χ4n) is 2.80. The Kier molecular flexibility index (Phi) is 5.56. The number of hydrogen-bond donors (Lipinski definition) is 0. The molecule has 6 heteroatoms. The molecule has 0 fully saturated rings. The highest BCUT2D eigenvalue weighted by Gasteiger charge is 2.31. The van der Waals surface area contributed by atoms with Crippen molar-refractivity contribution in [1.29, 1.82) is 0 Å². The lowest BCUT2D eigenvalue weighted by Gasteiger charge is -2.11. The molecular formula is C23H15Cl2N3O. The number of nitrogens with zero attached hydrogens (tertiary/aromatic N) is 3. The minimum Gasteiger partial charge on any atom is -0.265 e. The molecule has 1 amide bonds. The van der Waals surface area contributed by atoms with Gasteiger partial charge in [0, 0.05) is 15.6 Å². The first-order valence-corrected chi connectivity index (χ1v) is 9.62. The third kappa shape index (κ3) is 4.29. The van der Waals surface area contributed by atoms with E-state index in [4.69, 9.17) is 23.2 Å². The molecule has 3 aromatic rings. The number of amides is 1. The van der Waals surface area contributed by atoms with Gasteiger partial charge in [-0.2, -0.15) is 10.1 Å². The number of aliphatic imine (C=N–C) groups is 1. The zero-order chi connectivity index (χ0) is 20.2. The van der Waals surface area contributed by atoms with Crippen LogP contribution in [0.15, 0.2) is 94.7 Å². The molecule has 0 radical (unpaired) electrons. The highest BCUT2D eigenvalue weighted by Crippen LogP contribution is 2.25. The molecule has 0 aromatic heterocycles. The standard InChI is InChI=1S/C23H15Cl2N3O/c24-19-12-10-16(11-13-19)15-26-28-22(17-6-2-1-3-7-17)27-21(23(28)29)14-18-8-4-5-9-20(18)25/h1-15H/b21-14+,26-15+. The van der Waals surface area contributed by atoms with E-state index in [1.165, 1.54) is 5.01 Å². The van der Waals surface area contributed by atoms with Gasteiger partial charge in [-0.25, -0.2) is 4.99 Å². The van der Waals surface area contributed by atoms with Crippen molar-refractivity contribution in [2.45, 2.75) is 0 Å². The third-order valence-corrected chi connectivity index (χ3v) is 4.86. The molecule has 0 unspecified atom stereocenters. The van der Waals surface area contributed by atoms with Crippen molar-refractivity contribution in [3.8, 4) is 0 Å². The Morgan fingerprint density at radius 2 is 1.55 bits per heavy atom. The quantitative estimate of drug-likeness (QED) is 0.397. The third-order valence-electron chi connectivity index (χ3n) is 4.26. The zero-order valence-corrected chi connectivity index (χ0v) is 16.7. The van der Waals surface area contributed by atoms with E-state index >= 15 is 0 Å². The van der Waals surface area contributed by atoms with Crippen LogP contribution in [0.5, 0.6) is 0 Å². The predicted octanol–water partition coefficient (Wildman–Crippen LogP) is 5.66. The van der Waals surface area contributed by atoms with Crippen LogP contribution in [0.1, 0.15) is 16.7 Å². The molecule has 1 aliphatic rings. The predicted molar refractivity (Wildman–Crippen MR) is 118 cm³/mol. The van der Waals surface area contributed by atoms with Crippen LogP contribution in [0.4, 0.5) is 0 Å². The van der Waals surface area contributed by atoms with Gasteiger partial charge in [-0.05, 0) is 35.4 Å². The molecule has 0 saturated heterocycles. The molecule has 4 rings (SSSR count). The first-order chi connectivity index (χ1) is 14.1. The summed E-state index contributed by atoms with van der Waals surface area (Å²) in [5.41, 5.74) is 2.59. The highest BCUT2D eigenvalue weighted by molar-refractivity contribution is 6.32. The number of hydrazone groups is 1.